The fraction of sp³-hybridized carbons (Fsp3) is 0.250. The minimum Gasteiger partial charge on any atom is -0.335 e. The van der Waals surface area contributed by atoms with Crippen LogP contribution in [0.25, 0.3) is 5.69 Å². The quantitative estimate of drug-likeness (QED) is 0.737. The molecule has 1 atom stereocenters. The highest BCUT2D eigenvalue weighted by Gasteiger charge is 2.29. The van der Waals surface area contributed by atoms with Crippen molar-refractivity contribution in [2.75, 3.05) is 6.54 Å². The van der Waals surface area contributed by atoms with E-state index in [1.54, 1.807) is 18.6 Å². The third-order valence-electron chi connectivity index (χ3n) is 4.72. The molecular formula is C20H20N4O. The Bertz CT molecular complexity index is 828. The molecule has 3 aromatic rings. The summed E-state index contributed by atoms with van der Waals surface area (Å²) in [5, 5.41) is 4.22. The Morgan fingerprint density at radius 3 is 2.60 bits per heavy atom. The molecule has 5 nitrogen and oxygen atoms in total. The number of carbonyl (C=O) groups excluding carboxylic acids is 1. The predicted molar refractivity (Wildman–Crippen MR) is 95.2 cm³/mol. The van der Waals surface area contributed by atoms with Crippen molar-refractivity contribution in [1.29, 1.82) is 0 Å². The van der Waals surface area contributed by atoms with Gasteiger partial charge in [-0.15, -0.1) is 0 Å². The van der Waals surface area contributed by atoms with Crippen molar-refractivity contribution >= 4 is 5.91 Å². The molecule has 126 valence electrons. The van der Waals surface area contributed by atoms with Crippen LogP contribution in [0, 0.1) is 0 Å². The van der Waals surface area contributed by atoms with Crippen LogP contribution in [-0.4, -0.2) is 32.1 Å². The fourth-order valence-corrected chi connectivity index (χ4v) is 3.46. The maximum atomic E-state index is 12.8. The number of likely N-dealkylation sites (tertiary alicyclic amines) is 1. The molecule has 1 aliphatic rings. The van der Waals surface area contributed by atoms with E-state index >= 15 is 0 Å². The summed E-state index contributed by atoms with van der Waals surface area (Å²) in [7, 11) is 0. The number of benzene rings is 1. The number of nitrogens with zero attached hydrogens (tertiary/aromatic N) is 4. The number of pyridine rings is 1. The minimum absolute atomic E-state index is 0.179. The normalized spacial score (nSPS) is 17.0. The first kappa shape index (κ1) is 15.6. The van der Waals surface area contributed by atoms with Crippen LogP contribution in [0.2, 0.25) is 0 Å². The second-order valence-electron chi connectivity index (χ2n) is 6.32. The van der Waals surface area contributed by atoms with Gasteiger partial charge in [0.15, 0.2) is 0 Å². The first-order valence-corrected chi connectivity index (χ1v) is 8.59. The fourth-order valence-electron chi connectivity index (χ4n) is 3.46. The van der Waals surface area contributed by atoms with Gasteiger partial charge in [0.05, 0.1) is 18.2 Å². The Labute approximate surface area is 146 Å². The molecule has 0 aliphatic carbocycles. The van der Waals surface area contributed by atoms with Crippen molar-refractivity contribution in [2.45, 2.75) is 25.3 Å². The van der Waals surface area contributed by atoms with E-state index in [0.717, 1.165) is 30.6 Å². The van der Waals surface area contributed by atoms with Gasteiger partial charge in [-0.3, -0.25) is 9.78 Å². The van der Waals surface area contributed by atoms with Crippen LogP contribution in [0.1, 0.15) is 30.0 Å². The molecule has 0 radical (unpaired) electrons. The molecular weight excluding hydrogens is 312 g/mol. The maximum Gasteiger partial charge on any atom is 0.227 e. The number of carbonyl (C=O) groups is 1. The van der Waals surface area contributed by atoms with Gasteiger partial charge in [-0.25, -0.2) is 4.68 Å². The molecule has 5 heteroatoms. The second-order valence-corrected chi connectivity index (χ2v) is 6.32. The van der Waals surface area contributed by atoms with Crippen LogP contribution in [0.3, 0.4) is 0 Å². The third-order valence-corrected chi connectivity index (χ3v) is 4.72. The number of amides is 1. The molecule has 0 saturated carbocycles. The molecule has 1 amide bonds. The lowest BCUT2D eigenvalue weighted by atomic mass is 10.1. The van der Waals surface area contributed by atoms with Crippen molar-refractivity contribution in [1.82, 2.24) is 19.7 Å². The van der Waals surface area contributed by atoms with Crippen LogP contribution in [0.5, 0.6) is 0 Å². The van der Waals surface area contributed by atoms with E-state index in [1.165, 1.54) is 5.56 Å². The van der Waals surface area contributed by atoms with E-state index in [0.29, 0.717) is 6.42 Å². The van der Waals surface area contributed by atoms with Crippen LogP contribution in [0.15, 0.2) is 67.3 Å². The number of rotatable bonds is 4. The van der Waals surface area contributed by atoms with Crippen LogP contribution >= 0.6 is 0 Å². The summed E-state index contributed by atoms with van der Waals surface area (Å²) in [6.45, 7) is 0.831. The average Bonchev–Trinajstić information content (AvgIpc) is 3.35. The molecule has 4 rings (SSSR count). The standard InChI is InChI=1S/C20H20N4O/c25-20(23-13-1-3-19(23)17-8-11-21-12-9-17)15-16-4-6-18(7-5-16)24-14-2-10-22-24/h2,4-12,14,19H,1,3,13,15H2. The van der Waals surface area contributed by atoms with Crippen molar-refractivity contribution in [3.63, 3.8) is 0 Å². The van der Waals surface area contributed by atoms with Gasteiger partial charge in [0.1, 0.15) is 0 Å². The summed E-state index contributed by atoms with van der Waals surface area (Å²) in [5.41, 5.74) is 3.20. The summed E-state index contributed by atoms with van der Waals surface area (Å²) in [4.78, 5) is 18.9. The van der Waals surface area contributed by atoms with Gasteiger partial charge in [0, 0.05) is 31.3 Å². The van der Waals surface area contributed by atoms with E-state index in [9.17, 15) is 4.79 Å². The van der Waals surface area contributed by atoms with Gasteiger partial charge in [-0.05, 0) is 54.3 Å². The molecule has 1 fully saturated rings. The van der Waals surface area contributed by atoms with Gasteiger partial charge in [0.2, 0.25) is 5.91 Å². The minimum atomic E-state index is 0.179. The highest BCUT2D eigenvalue weighted by atomic mass is 16.2. The zero-order valence-electron chi connectivity index (χ0n) is 14.0. The highest BCUT2D eigenvalue weighted by molar-refractivity contribution is 5.79. The SMILES string of the molecule is O=C(Cc1ccc(-n2cccn2)cc1)N1CCCC1c1ccncc1. The smallest absolute Gasteiger partial charge is 0.227 e. The van der Waals surface area contributed by atoms with E-state index in [4.69, 9.17) is 0 Å². The monoisotopic (exact) mass is 332 g/mol. The summed E-state index contributed by atoms with van der Waals surface area (Å²) in [6, 6.07) is 14.1. The largest absolute Gasteiger partial charge is 0.335 e. The molecule has 25 heavy (non-hydrogen) atoms. The van der Waals surface area contributed by atoms with E-state index in [2.05, 4.69) is 10.1 Å². The Hall–Kier alpha value is -2.95. The van der Waals surface area contributed by atoms with Gasteiger partial charge in [-0.2, -0.15) is 5.10 Å². The zero-order valence-corrected chi connectivity index (χ0v) is 14.0. The lowest BCUT2D eigenvalue weighted by Crippen LogP contribution is -2.31. The van der Waals surface area contributed by atoms with Gasteiger partial charge in [0.25, 0.3) is 0 Å². The highest BCUT2D eigenvalue weighted by Crippen LogP contribution is 2.32. The van der Waals surface area contributed by atoms with Crippen LogP contribution in [0.4, 0.5) is 0 Å². The first-order valence-electron chi connectivity index (χ1n) is 8.59. The summed E-state index contributed by atoms with van der Waals surface area (Å²) >= 11 is 0. The maximum absolute atomic E-state index is 12.8. The third kappa shape index (κ3) is 3.31. The zero-order chi connectivity index (χ0) is 17.1. The van der Waals surface area contributed by atoms with Gasteiger partial charge >= 0.3 is 0 Å². The predicted octanol–water partition coefficient (Wildman–Crippen LogP) is 3.17. The number of aromatic nitrogens is 3. The summed E-state index contributed by atoms with van der Waals surface area (Å²) in [5.74, 6) is 0.186. The van der Waals surface area contributed by atoms with E-state index in [1.807, 2.05) is 58.2 Å². The molecule has 1 saturated heterocycles. The summed E-state index contributed by atoms with van der Waals surface area (Å²) < 4.78 is 1.81. The Kier molecular flexibility index (Phi) is 4.29. The molecule has 3 heterocycles. The number of hydrogen-bond acceptors (Lipinski definition) is 3. The molecule has 1 unspecified atom stereocenters. The Balaban J connectivity index is 1.46. The Morgan fingerprint density at radius 1 is 1.08 bits per heavy atom. The van der Waals surface area contributed by atoms with Gasteiger partial charge in [-0.1, -0.05) is 12.1 Å². The van der Waals surface area contributed by atoms with E-state index < -0.39 is 0 Å². The van der Waals surface area contributed by atoms with Crippen molar-refractivity contribution < 1.29 is 4.79 Å². The summed E-state index contributed by atoms with van der Waals surface area (Å²) in [6.07, 6.45) is 9.76. The molecule has 0 spiro atoms. The second kappa shape index (κ2) is 6.89. The number of hydrogen-bond donors (Lipinski definition) is 0. The topological polar surface area (TPSA) is 51.0 Å². The van der Waals surface area contributed by atoms with Crippen molar-refractivity contribution in [3.8, 4) is 5.69 Å². The van der Waals surface area contributed by atoms with Crippen molar-refractivity contribution in [2.24, 2.45) is 0 Å². The van der Waals surface area contributed by atoms with E-state index in [-0.39, 0.29) is 11.9 Å². The molecule has 1 aromatic carbocycles. The lowest BCUT2D eigenvalue weighted by molar-refractivity contribution is -0.131. The van der Waals surface area contributed by atoms with Crippen LogP contribution in [-0.2, 0) is 11.2 Å². The Morgan fingerprint density at radius 2 is 1.88 bits per heavy atom. The van der Waals surface area contributed by atoms with Crippen LogP contribution < -0.4 is 0 Å². The van der Waals surface area contributed by atoms with Crippen molar-refractivity contribution in [3.05, 3.63) is 78.4 Å². The van der Waals surface area contributed by atoms with Gasteiger partial charge < -0.3 is 4.90 Å². The molecule has 1 aliphatic heterocycles. The first-order chi connectivity index (χ1) is 12.3. The molecule has 0 bridgehead atoms. The molecule has 0 N–H and O–H groups in total. The average molecular weight is 332 g/mol. The molecule has 2 aromatic heterocycles. The lowest BCUT2D eigenvalue weighted by Gasteiger charge is -2.25.